The van der Waals surface area contributed by atoms with Crippen molar-refractivity contribution < 1.29 is 9.53 Å². The molecule has 2 amide bonds. The zero-order chi connectivity index (χ0) is 19.2. The van der Waals surface area contributed by atoms with E-state index in [0.717, 1.165) is 62.8 Å². The van der Waals surface area contributed by atoms with Crippen molar-refractivity contribution in [3.8, 4) is 0 Å². The molecule has 3 rings (SSSR count). The van der Waals surface area contributed by atoms with E-state index >= 15 is 0 Å². The lowest BCUT2D eigenvalue weighted by Gasteiger charge is -2.28. The standard InChI is InChI=1S/C19H32N6O2/c1-4-5-8-20-19(26)25-9-6-15-16(7-10-25)21-18(22-17(15)23(2)3)24-11-13-27-14-12-24/h4-14H2,1-3H3,(H,20,26). The first-order valence-corrected chi connectivity index (χ1v) is 10.0. The van der Waals surface area contributed by atoms with Gasteiger partial charge in [-0.1, -0.05) is 13.3 Å². The maximum atomic E-state index is 12.5. The molecule has 0 bridgehead atoms. The molecule has 2 aliphatic rings. The molecule has 8 heteroatoms. The number of morpholine rings is 1. The second kappa shape index (κ2) is 9.21. The van der Waals surface area contributed by atoms with Crippen LogP contribution in [0.2, 0.25) is 0 Å². The van der Waals surface area contributed by atoms with E-state index < -0.39 is 0 Å². The minimum atomic E-state index is 0.0315. The molecule has 0 unspecified atom stereocenters. The zero-order valence-electron chi connectivity index (χ0n) is 16.8. The average molecular weight is 377 g/mol. The summed E-state index contributed by atoms with van der Waals surface area (Å²) in [7, 11) is 4.04. The quantitative estimate of drug-likeness (QED) is 0.781. The molecule has 1 fully saturated rings. The van der Waals surface area contributed by atoms with Crippen LogP contribution in [-0.2, 0) is 17.6 Å². The molecular weight excluding hydrogens is 344 g/mol. The number of anilines is 2. The first-order valence-electron chi connectivity index (χ1n) is 10.0. The van der Waals surface area contributed by atoms with Crippen LogP contribution in [0.5, 0.6) is 0 Å². The van der Waals surface area contributed by atoms with E-state index in [0.29, 0.717) is 26.3 Å². The van der Waals surface area contributed by atoms with Gasteiger partial charge >= 0.3 is 6.03 Å². The monoisotopic (exact) mass is 376 g/mol. The molecule has 3 heterocycles. The Kier molecular flexibility index (Phi) is 6.71. The van der Waals surface area contributed by atoms with Gasteiger partial charge in [0.1, 0.15) is 5.82 Å². The van der Waals surface area contributed by atoms with Gasteiger partial charge in [0, 0.05) is 58.8 Å². The summed E-state index contributed by atoms with van der Waals surface area (Å²) in [6.07, 6.45) is 3.64. The van der Waals surface area contributed by atoms with E-state index in [4.69, 9.17) is 14.7 Å². The Bertz CT molecular complexity index is 645. The van der Waals surface area contributed by atoms with Crippen LogP contribution in [0.3, 0.4) is 0 Å². The number of fused-ring (bicyclic) bond motifs is 1. The van der Waals surface area contributed by atoms with E-state index in [9.17, 15) is 4.79 Å². The van der Waals surface area contributed by atoms with Gasteiger partial charge in [-0.2, -0.15) is 4.98 Å². The number of aromatic nitrogens is 2. The molecule has 2 aliphatic heterocycles. The predicted molar refractivity (Wildman–Crippen MR) is 107 cm³/mol. The third-order valence-corrected chi connectivity index (χ3v) is 5.12. The Morgan fingerprint density at radius 2 is 1.89 bits per heavy atom. The molecule has 27 heavy (non-hydrogen) atoms. The van der Waals surface area contributed by atoms with Crippen LogP contribution >= 0.6 is 0 Å². The number of amides is 2. The van der Waals surface area contributed by atoms with Gasteiger partial charge in [0.25, 0.3) is 0 Å². The number of unbranched alkanes of at least 4 members (excludes halogenated alkanes) is 1. The third-order valence-electron chi connectivity index (χ3n) is 5.12. The highest BCUT2D eigenvalue weighted by Gasteiger charge is 2.25. The second-order valence-corrected chi connectivity index (χ2v) is 7.34. The molecule has 0 aliphatic carbocycles. The Morgan fingerprint density at radius 3 is 2.59 bits per heavy atom. The number of nitrogens with zero attached hydrogens (tertiary/aromatic N) is 5. The van der Waals surface area contributed by atoms with E-state index in [1.54, 1.807) is 0 Å². The van der Waals surface area contributed by atoms with Gasteiger partial charge in [-0.3, -0.25) is 0 Å². The summed E-state index contributed by atoms with van der Waals surface area (Å²) < 4.78 is 5.45. The normalized spacial score (nSPS) is 17.3. The summed E-state index contributed by atoms with van der Waals surface area (Å²) in [5.74, 6) is 1.75. The lowest BCUT2D eigenvalue weighted by molar-refractivity contribution is 0.122. The zero-order valence-corrected chi connectivity index (χ0v) is 16.8. The maximum Gasteiger partial charge on any atom is 0.317 e. The molecule has 0 radical (unpaired) electrons. The van der Waals surface area contributed by atoms with Crippen LogP contribution in [0.25, 0.3) is 0 Å². The predicted octanol–water partition coefficient (Wildman–Crippen LogP) is 1.29. The Labute approximate surface area is 161 Å². The summed E-state index contributed by atoms with van der Waals surface area (Å²) in [4.78, 5) is 28.3. The molecule has 1 aromatic rings. The highest BCUT2D eigenvalue weighted by molar-refractivity contribution is 5.74. The fourth-order valence-corrected chi connectivity index (χ4v) is 3.53. The summed E-state index contributed by atoms with van der Waals surface area (Å²) in [6, 6.07) is 0.0315. The van der Waals surface area contributed by atoms with Gasteiger partial charge < -0.3 is 24.8 Å². The van der Waals surface area contributed by atoms with E-state index in [1.165, 1.54) is 5.56 Å². The van der Waals surface area contributed by atoms with Gasteiger partial charge in [0.15, 0.2) is 0 Å². The highest BCUT2D eigenvalue weighted by atomic mass is 16.5. The van der Waals surface area contributed by atoms with Crippen LogP contribution in [-0.4, -0.2) is 80.9 Å². The lowest BCUT2D eigenvalue weighted by Crippen LogP contribution is -2.41. The van der Waals surface area contributed by atoms with Gasteiger partial charge in [0.2, 0.25) is 5.95 Å². The second-order valence-electron chi connectivity index (χ2n) is 7.34. The van der Waals surface area contributed by atoms with Crippen LogP contribution in [0.15, 0.2) is 0 Å². The lowest BCUT2D eigenvalue weighted by atomic mass is 10.1. The molecule has 1 saturated heterocycles. The number of hydrogen-bond donors (Lipinski definition) is 1. The number of urea groups is 1. The molecule has 1 N–H and O–H groups in total. The minimum Gasteiger partial charge on any atom is -0.378 e. The van der Waals surface area contributed by atoms with Crippen molar-refractivity contribution >= 4 is 17.8 Å². The number of nitrogens with one attached hydrogen (secondary N) is 1. The SMILES string of the molecule is CCCCNC(=O)N1CCc2nc(N3CCOCC3)nc(N(C)C)c2CC1. The van der Waals surface area contributed by atoms with Crippen molar-refractivity contribution in [2.45, 2.75) is 32.6 Å². The highest BCUT2D eigenvalue weighted by Crippen LogP contribution is 2.26. The van der Waals surface area contributed by atoms with Crippen LogP contribution < -0.4 is 15.1 Å². The Hall–Kier alpha value is -2.09. The van der Waals surface area contributed by atoms with Crippen LogP contribution in [0, 0.1) is 0 Å². The van der Waals surface area contributed by atoms with Crippen molar-refractivity contribution in [3.63, 3.8) is 0 Å². The maximum absolute atomic E-state index is 12.5. The molecule has 0 saturated carbocycles. The molecule has 150 valence electrons. The smallest absolute Gasteiger partial charge is 0.317 e. The molecule has 0 atom stereocenters. The van der Waals surface area contributed by atoms with Crippen molar-refractivity contribution in [2.75, 3.05) is 69.8 Å². The van der Waals surface area contributed by atoms with E-state index in [-0.39, 0.29) is 6.03 Å². The van der Waals surface area contributed by atoms with Gasteiger partial charge in [-0.05, 0) is 12.8 Å². The van der Waals surface area contributed by atoms with E-state index in [2.05, 4.69) is 22.0 Å². The van der Waals surface area contributed by atoms with Gasteiger partial charge in [0.05, 0.1) is 18.9 Å². The molecular formula is C19H32N6O2. The number of hydrogen-bond acceptors (Lipinski definition) is 6. The van der Waals surface area contributed by atoms with Crippen LogP contribution in [0.1, 0.15) is 31.0 Å². The Morgan fingerprint density at radius 1 is 1.15 bits per heavy atom. The van der Waals surface area contributed by atoms with Crippen molar-refractivity contribution in [3.05, 3.63) is 11.3 Å². The molecule has 0 aromatic carbocycles. The van der Waals surface area contributed by atoms with Crippen molar-refractivity contribution in [2.24, 2.45) is 0 Å². The van der Waals surface area contributed by atoms with Gasteiger partial charge in [-0.25, -0.2) is 9.78 Å². The summed E-state index contributed by atoms with van der Waals surface area (Å²) in [5.41, 5.74) is 2.24. The molecule has 1 aromatic heterocycles. The fourth-order valence-electron chi connectivity index (χ4n) is 3.53. The van der Waals surface area contributed by atoms with Crippen molar-refractivity contribution in [1.29, 1.82) is 0 Å². The van der Waals surface area contributed by atoms with E-state index in [1.807, 2.05) is 19.0 Å². The third kappa shape index (κ3) is 4.80. The average Bonchev–Trinajstić information content (AvgIpc) is 2.90. The van der Waals surface area contributed by atoms with Crippen molar-refractivity contribution in [1.82, 2.24) is 20.2 Å². The number of ether oxygens (including phenoxy) is 1. The minimum absolute atomic E-state index is 0.0315. The molecule has 0 spiro atoms. The number of carbonyl (C=O) groups is 1. The van der Waals surface area contributed by atoms with Crippen LogP contribution in [0.4, 0.5) is 16.6 Å². The number of carbonyl (C=O) groups excluding carboxylic acids is 1. The van der Waals surface area contributed by atoms with Gasteiger partial charge in [-0.15, -0.1) is 0 Å². The fraction of sp³-hybridized carbons (Fsp3) is 0.737. The number of rotatable bonds is 5. The molecule has 8 nitrogen and oxygen atoms in total. The first kappa shape index (κ1) is 19.7. The summed E-state index contributed by atoms with van der Waals surface area (Å²) in [5, 5.41) is 3.03. The summed E-state index contributed by atoms with van der Waals surface area (Å²) >= 11 is 0. The first-order chi connectivity index (χ1) is 13.1. The Balaban J connectivity index is 1.77. The topological polar surface area (TPSA) is 73.8 Å². The largest absolute Gasteiger partial charge is 0.378 e. The summed E-state index contributed by atoms with van der Waals surface area (Å²) in [6.45, 7) is 7.32.